The average molecular weight is 489 g/mol. The Morgan fingerprint density at radius 2 is 1.83 bits per heavy atom. The molecule has 1 aliphatic rings. The number of benzene rings is 1. The number of halogens is 2. The Hall–Kier alpha value is -3.80. The van der Waals surface area contributed by atoms with E-state index in [1.165, 1.54) is 25.4 Å². The third-order valence-corrected chi connectivity index (χ3v) is 5.37. The number of anilines is 1. The molecule has 186 valence electrons. The molecule has 3 heterocycles. The fourth-order valence-electron chi connectivity index (χ4n) is 3.77. The third kappa shape index (κ3) is 4.87. The smallest absolute Gasteiger partial charge is 0.410 e. The first-order valence-electron chi connectivity index (χ1n) is 10.9. The first-order chi connectivity index (χ1) is 16.6. The van der Waals surface area contributed by atoms with Crippen molar-refractivity contribution in [3.63, 3.8) is 0 Å². The summed E-state index contributed by atoms with van der Waals surface area (Å²) in [6, 6.07) is 3.59. The topological polar surface area (TPSA) is 110 Å². The molecular weight excluding hydrogens is 464 g/mol. The van der Waals surface area contributed by atoms with Crippen molar-refractivity contribution >= 4 is 22.8 Å². The number of rotatable bonds is 4. The van der Waals surface area contributed by atoms with E-state index in [2.05, 4.69) is 19.8 Å². The lowest BCUT2D eigenvalue weighted by atomic mass is 10.1. The number of hydrogen-bond acceptors (Lipinski definition) is 9. The second-order valence-corrected chi connectivity index (χ2v) is 8.88. The van der Waals surface area contributed by atoms with Gasteiger partial charge in [-0.15, -0.1) is 0 Å². The molecular formula is C23H25F2N5O5. The molecule has 2 aromatic heterocycles. The number of pyridine rings is 1. The van der Waals surface area contributed by atoms with Gasteiger partial charge in [0.2, 0.25) is 0 Å². The summed E-state index contributed by atoms with van der Waals surface area (Å²) in [5.74, 6) is -1.70. The zero-order valence-electron chi connectivity index (χ0n) is 19.7. The van der Waals surface area contributed by atoms with Crippen LogP contribution in [0.1, 0.15) is 20.8 Å². The van der Waals surface area contributed by atoms with Crippen LogP contribution in [0.15, 0.2) is 24.4 Å². The number of carbonyl (C=O) groups excluding carboxylic acids is 1. The van der Waals surface area contributed by atoms with Gasteiger partial charge < -0.3 is 24.2 Å². The van der Waals surface area contributed by atoms with Crippen molar-refractivity contribution in [3.8, 4) is 23.0 Å². The maximum Gasteiger partial charge on any atom is 0.410 e. The highest BCUT2D eigenvalue weighted by Gasteiger charge is 2.29. The van der Waals surface area contributed by atoms with Crippen molar-refractivity contribution in [2.75, 3.05) is 38.2 Å². The highest BCUT2D eigenvalue weighted by Crippen LogP contribution is 2.37. The van der Waals surface area contributed by atoms with Crippen molar-refractivity contribution < 1.29 is 33.2 Å². The molecule has 0 saturated carbocycles. The summed E-state index contributed by atoms with van der Waals surface area (Å²) in [6.07, 6.45) is 0.919. The van der Waals surface area contributed by atoms with Gasteiger partial charge >= 0.3 is 12.1 Å². The predicted octanol–water partition coefficient (Wildman–Crippen LogP) is 3.89. The Bertz CT molecular complexity index is 1260. The number of carbonyl (C=O) groups is 1. The summed E-state index contributed by atoms with van der Waals surface area (Å²) in [5.41, 5.74) is -1.48. The van der Waals surface area contributed by atoms with Crippen molar-refractivity contribution in [3.05, 3.63) is 36.0 Å². The molecule has 0 radical (unpaired) electrons. The monoisotopic (exact) mass is 489 g/mol. The first-order valence-corrected chi connectivity index (χ1v) is 10.9. The lowest BCUT2D eigenvalue weighted by Gasteiger charge is -2.36. The molecule has 0 atom stereocenters. The fraction of sp³-hybridized carbons (Fsp3) is 0.391. The summed E-state index contributed by atoms with van der Waals surface area (Å²) < 4.78 is 40.8. The number of piperazine rings is 1. The molecule has 3 aromatic rings. The van der Waals surface area contributed by atoms with Crippen LogP contribution in [0, 0.1) is 11.6 Å². The fourth-order valence-corrected chi connectivity index (χ4v) is 3.77. The van der Waals surface area contributed by atoms with Crippen LogP contribution in [0.4, 0.5) is 19.4 Å². The lowest BCUT2D eigenvalue weighted by Crippen LogP contribution is -2.50. The second kappa shape index (κ2) is 9.45. The number of aromatic nitrogens is 3. The van der Waals surface area contributed by atoms with Gasteiger partial charge in [0.25, 0.3) is 0 Å². The molecule has 1 saturated heterocycles. The van der Waals surface area contributed by atoms with Crippen LogP contribution in [0.2, 0.25) is 0 Å². The molecule has 35 heavy (non-hydrogen) atoms. The lowest BCUT2D eigenvalue weighted by molar-refractivity contribution is -0.137. The van der Waals surface area contributed by atoms with Gasteiger partial charge in [0.15, 0.2) is 11.6 Å². The molecule has 1 N–H and O–H groups in total. The molecule has 10 nitrogen and oxygen atoms in total. The summed E-state index contributed by atoms with van der Waals surface area (Å²) >= 11 is 0. The number of ether oxygens (including phenoxy) is 2. The Balaban J connectivity index is 1.71. The van der Waals surface area contributed by atoms with Gasteiger partial charge in [-0.05, 0) is 32.9 Å². The van der Waals surface area contributed by atoms with Crippen LogP contribution >= 0.6 is 0 Å². The van der Waals surface area contributed by atoms with Gasteiger partial charge in [0.05, 0.1) is 18.1 Å². The van der Waals surface area contributed by atoms with Gasteiger partial charge in [0.1, 0.15) is 28.4 Å². The standard InChI is InChI=1S/C23H25F2N5O5/c1-23(2,3)34-22(31)30-10-8-29(9-11-30)20-13-12-26-19(16-14(24)6-5-7-15(16)35-32)17(25)18(13)27-21(28-20)33-4/h5-7,12,32H,8-11H2,1-4H3. The summed E-state index contributed by atoms with van der Waals surface area (Å²) in [6.45, 7) is 6.92. The molecule has 1 aromatic carbocycles. The predicted molar refractivity (Wildman–Crippen MR) is 123 cm³/mol. The van der Waals surface area contributed by atoms with Gasteiger partial charge in [0, 0.05) is 32.4 Å². The van der Waals surface area contributed by atoms with Crippen molar-refractivity contribution in [2.45, 2.75) is 26.4 Å². The number of hydrogen-bond donors (Lipinski definition) is 1. The van der Waals surface area contributed by atoms with Crippen LogP contribution < -0.4 is 14.5 Å². The third-order valence-electron chi connectivity index (χ3n) is 5.37. The maximum atomic E-state index is 15.6. The van der Waals surface area contributed by atoms with Crippen molar-refractivity contribution in [1.29, 1.82) is 0 Å². The van der Waals surface area contributed by atoms with E-state index in [1.807, 2.05) is 4.90 Å². The number of fused-ring (bicyclic) bond motifs is 1. The Labute approximate surface area is 200 Å². The van der Waals surface area contributed by atoms with E-state index >= 15 is 4.39 Å². The van der Waals surface area contributed by atoms with E-state index in [0.717, 1.165) is 6.07 Å². The highest BCUT2D eigenvalue weighted by atomic mass is 19.1. The molecule has 12 heteroatoms. The number of methoxy groups -OCH3 is 1. The van der Waals surface area contributed by atoms with Gasteiger partial charge in [-0.3, -0.25) is 4.98 Å². The van der Waals surface area contributed by atoms with Gasteiger partial charge in [-0.2, -0.15) is 9.97 Å². The number of nitrogens with zero attached hydrogens (tertiary/aromatic N) is 5. The minimum absolute atomic E-state index is 0.0923. The van der Waals surface area contributed by atoms with Crippen molar-refractivity contribution in [2.24, 2.45) is 0 Å². The quantitative estimate of drug-likeness (QED) is 0.431. The average Bonchev–Trinajstić information content (AvgIpc) is 2.83. The molecule has 0 spiro atoms. The Kier molecular flexibility index (Phi) is 6.57. The van der Waals surface area contributed by atoms with E-state index < -0.39 is 23.3 Å². The van der Waals surface area contributed by atoms with Crippen LogP contribution in [0.25, 0.3) is 22.2 Å². The van der Waals surface area contributed by atoms with E-state index in [4.69, 9.17) is 14.7 Å². The minimum Gasteiger partial charge on any atom is -0.467 e. The normalized spacial score (nSPS) is 14.3. The molecule has 1 fully saturated rings. The molecule has 4 rings (SSSR count). The van der Waals surface area contributed by atoms with E-state index in [9.17, 15) is 9.18 Å². The molecule has 0 unspecified atom stereocenters. The van der Waals surface area contributed by atoms with Gasteiger partial charge in [-0.1, -0.05) is 6.07 Å². The van der Waals surface area contributed by atoms with Crippen LogP contribution in [-0.2, 0) is 4.74 Å². The van der Waals surface area contributed by atoms with Crippen LogP contribution in [-0.4, -0.2) is 70.1 Å². The second-order valence-electron chi connectivity index (χ2n) is 8.88. The Morgan fingerprint density at radius 3 is 2.46 bits per heavy atom. The zero-order valence-corrected chi connectivity index (χ0v) is 19.7. The summed E-state index contributed by atoms with van der Waals surface area (Å²) in [7, 11) is 1.35. The van der Waals surface area contributed by atoms with Crippen LogP contribution in [0.3, 0.4) is 0 Å². The summed E-state index contributed by atoms with van der Waals surface area (Å²) in [4.78, 5) is 32.7. The van der Waals surface area contributed by atoms with Crippen molar-refractivity contribution in [1.82, 2.24) is 19.9 Å². The Morgan fingerprint density at radius 1 is 1.11 bits per heavy atom. The molecule has 1 aliphatic heterocycles. The summed E-state index contributed by atoms with van der Waals surface area (Å²) in [5, 5.41) is 9.40. The van der Waals surface area contributed by atoms with E-state index in [0.29, 0.717) is 32.0 Å². The van der Waals surface area contributed by atoms with Crippen LogP contribution in [0.5, 0.6) is 11.8 Å². The molecule has 0 aliphatic carbocycles. The largest absolute Gasteiger partial charge is 0.467 e. The van der Waals surface area contributed by atoms with Gasteiger partial charge in [-0.25, -0.2) is 18.8 Å². The maximum absolute atomic E-state index is 15.6. The minimum atomic E-state index is -0.930. The van der Waals surface area contributed by atoms with E-state index in [1.54, 1.807) is 25.7 Å². The molecule has 1 amide bonds. The first kappa shape index (κ1) is 24.3. The zero-order chi connectivity index (χ0) is 25.3. The SMILES string of the molecule is COc1nc(N2CCN(C(=O)OC(C)(C)C)CC2)c2cnc(-c3c(F)cccc3OO)c(F)c2n1. The van der Waals surface area contributed by atoms with E-state index in [-0.39, 0.29) is 33.9 Å². The molecule has 0 bridgehead atoms. The highest BCUT2D eigenvalue weighted by molar-refractivity contribution is 5.92. The number of amides is 1.